The highest BCUT2D eigenvalue weighted by Gasteiger charge is 2.20. The number of aromatic nitrogens is 2. The van der Waals surface area contributed by atoms with E-state index in [1.54, 1.807) is 0 Å². The molecule has 0 radical (unpaired) electrons. The number of nitrogens with zero attached hydrogens (tertiary/aromatic N) is 3. The van der Waals surface area contributed by atoms with E-state index in [-0.39, 0.29) is 11.8 Å². The van der Waals surface area contributed by atoms with E-state index in [4.69, 9.17) is 4.98 Å². The van der Waals surface area contributed by atoms with Crippen LogP contribution >= 0.6 is 0 Å². The van der Waals surface area contributed by atoms with Crippen LogP contribution in [0.25, 0.3) is 11.0 Å². The van der Waals surface area contributed by atoms with E-state index in [0.717, 1.165) is 48.4 Å². The van der Waals surface area contributed by atoms with Crippen molar-refractivity contribution in [2.75, 3.05) is 19.6 Å². The number of hydrogen-bond donors (Lipinski definition) is 1. The minimum absolute atomic E-state index is 0.0931. The summed E-state index contributed by atoms with van der Waals surface area (Å²) in [5.74, 6) is 0.864. The zero-order chi connectivity index (χ0) is 20.2. The molecule has 150 valence electrons. The van der Waals surface area contributed by atoms with Crippen molar-refractivity contribution in [3.8, 4) is 0 Å². The Bertz CT molecular complexity index is 1030. The molecule has 2 aromatic carbocycles. The van der Waals surface area contributed by atoms with Gasteiger partial charge < -0.3 is 14.8 Å². The van der Waals surface area contributed by atoms with E-state index in [9.17, 15) is 9.59 Å². The number of carbonyl (C=O) groups excluding carboxylic acids is 2. The number of fused-ring (bicyclic) bond motifs is 1. The van der Waals surface area contributed by atoms with E-state index >= 15 is 0 Å². The molecule has 2 amide bonds. The Labute approximate surface area is 170 Å². The molecule has 0 bridgehead atoms. The first-order chi connectivity index (χ1) is 14.1. The van der Waals surface area contributed by atoms with Gasteiger partial charge in [0.05, 0.1) is 11.0 Å². The van der Waals surface area contributed by atoms with Gasteiger partial charge in [0, 0.05) is 31.6 Å². The van der Waals surface area contributed by atoms with E-state index in [2.05, 4.69) is 5.32 Å². The van der Waals surface area contributed by atoms with Crippen LogP contribution in [-0.4, -0.2) is 45.9 Å². The monoisotopic (exact) mass is 390 g/mol. The molecular weight excluding hydrogens is 364 g/mol. The van der Waals surface area contributed by atoms with Crippen LogP contribution in [0.1, 0.15) is 34.6 Å². The fraction of sp³-hybridized carbons (Fsp3) is 0.348. The maximum absolute atomic E-state index is 12.7. The van der Waals surface area contributed by atoms with Crippen molar-refractivity contribution in [2.24, 2.45) is 0 Å². The molecule has 4 rings (SSSR count). The molecule has 1 aliphatic rings. The SMILES string of the molecule is Cc1cccc(C(=O)NCCc2nc3ccccc3n2CC(=O)N2CCCC2)c1. The van der Waals surface area contributed by atoms with E-state index in [1.165, 1.54) is 0 Å². The topological polar surface area (TPSA) is 67.2 Å². The lowest BCUT2D eigenvalue weighted by molar-refractivity contribution is -0.130. The van der Waals surface area contributed by atoms with Crippen LogP contribution in [0.5, 0.6) is 0 Å². The van der Waals surface area contributed by atoms with Crippen molar-refractivity contribution in [3.05, 3.63) is 65.5 Å². The van der Waals surface area contributed by atoms with Gasteiger partial charge in [0.2, 0.25) is 5.91 Å². The Morgan fingerprint density at radius 1 is 1.07 bits per heavy atom. The van der Waals surface area contributed by atoms with Gasteiger partial charge in [-0.05, 0) is 44.0 Å². The zero-order valence-corrected chi connectivity index (χ0v) is 16.7. The highest BCUT2D eigenvalue weighted by atomic mass is 16.2. The first-order valence-electron chi connectivity index (χ1n) is 10.2. The predicted molar refractivity (Wildman–Crippen MR) is 113 cm³/mol. The molecule has 0 atom stereocenters. The fourth-order valence-electron chi connectivity index (χ4n) is 3.87. The number of benzene rings is 2. The van der Waals surface area contributed by atoms with Gasteiger partial charge in [-0.15, -0.1) is 0 Å². The number of likely N-dealkylation sites (tertiary alicyclic amines) is 1. The molecule has 3 aromatic rings. The van der Waals surface area contributed by atoms with Crippen LogP contribution in [-0.2, 0) is 17.8 Å². The van der Waals surface area contributed by atoms with Gasteiger partial charge in [0.15, 0.2) is 0 Å². The summed E-state index contributed by atoms with van der Waals surface area (Å²) in [7, 11) is 0. The molecular formula is C23H26N4O2. The largest absolute Gasteiger partial charge is 0.352 e. The van der Waals surface area contributed by atoms with Gasteiger partial charge in [-0.3, -0.25) is 9.59 Å². The number of para-hydroxylation sites is 2. The molecule has 1 aromatic heterocycles. The molecule has 1 saturated heterocycles. The van der Waals surface area contributed by atoms with Gasteiger partial charge >= 0.3 is 0 Å². The number of amides is 2. The number of imidazole rings is 1. The number of hydrogen-bond acceptors (Lipinski definition) is 3. The second kappa shape index (κ2) is 8.47. The quantitative estimate of drug-likeness (QED) is 0.704. The van der Waals surface area contributed by atoms with Crippen LogP contribution < -0.4 is 5.32 Å². The standard InChI is InChI=1S/C23H26N4O2/c1-17-7-6-8-18(15-17)23(29)24-12-11-21-25-19-9-2-3-10-20(19)27(21)16-22(28)26-13-4-5-14-26/h2-3,6-10,15H,4-5,11-14,16H2,1H3,(H,24,29). The molecule has 2 heterocycles. The molecule has 1 aliphatic heterocycles. The molecule has 0 unspecified atom stereocenters. The third kappa shape index (κ3) is 4.31. The third-order valence-electron chi connectivity index (χ3n) is 5.40. The molecule has 0 saturated carbocycles. The molecule has 0 spiro atoms. The van der Waals surface area contributed by atoms with E-state index in [1.807, 2.05) is 64.9 Å². The normalized spacial score (nSPS) is 13.8. The van der Waals surface area contributed by atoms with Crippen LogP contribution in [0, 0.1) is 6.92 Å². The average molecular weight is 390 g/mol. The van der Waals surface area contributed by atoms with Crippen molar-refractivity contribution >= 4 is 22.8 Å². The second-order valence-corrected chi connectivity index (χ2v) is 7.57. The summed E-state index contributed by atoms with van der Waals surface area (Å²) in [6.07, 6.45) is 2.72. The van der Waals surface area contributed by atoms with Crippen LogP contribution in [0.3, 0.4) is 0 Å². The van der Waals surface area contributed by atoms with Gasteiger partial charge in [0.25, 0.3) is 5.91 Å². The minimum atomic E-state index is -0.0931. The molecule has 6 heteroatoms. The maximum atomic E-state index is 12.7. The van der Waals surface area contributed by atoms with Crippen LogP contribution in [0.4, 0.5) is 0 Å². The fourth-order valence-corrected chi connectivity index (χ4v) is 3.87. The molecule has 0 aliphatic carbocycles. The number of aryl methyl sites for hydroxylation is 1. The predicted octanol–water partition coefficient (Wildman–Crippen LogP) is 2.94. The third-order valence-corrected chi connectivity index (χ3v) is 5.40. The molecule has 29 heavy (non-hydrogen) atoms. The molecule has 1 N–H and O–H groups in total. The highest BCUT2D eigenvalue weighted by Crippen LogP contribution is 2.18. The summed E-state index contributed by atoms with van der Waals surface area (Å²) in [5.41, 5.74) is 3.55. The second-order valence-electron chi connectivity index (χ2n) is 7.57. The number of carbonyl (C=O) groups is 2. The van der Waals surface area contributed by atoms with E-state index in [0.29, 0.717) is 25.1 Å². The first kappa shape index (κ1) is 19.2. The van der Waals surface area contributed by atoms with Gasteiger partial charge in [0.1, 0.15) is 12.4 Å². The molecule has 6 nitrogen and oxygen atoms in total. The Morgan fingerprint density at radius 2 is 1.86 bits per heavy atom. The van der Waals surface area contributed by atoms with Gasteiger partial charge in [-0.2, -0.15) is 0 Å². The minimum Gasteiger partial charge on any atom is -0.352 e. The van der Waals surface area contributed by atoms with Gasteiger partial charge in [-0.25, -0.2) is 4.98 Å². The Balaban J connectivity index is 1.47. The summed E-state index contributed by atoms with van der Waals surface area (Å²) in [5, 5.41) is 2.97. The van der Waals surface area contributed by atoms with E-state index < -0.39 is 0 Å². The van der Waals surface area contributed by atoms with Crippen molar-refractivity contribution in [1.82, 2.24) is 19.8 Å². The smallest absolute Gasteiger partial charge is 0.251 e. The Kier molecular flexibility index (Phi) is 5.60. The summed E-state index contributed by atoms with van der Waals surface area (Å²) in [6, 6.07) is 15.4. The average Bonchev–Trinajstić information content (AvgIpc) is 3.37. The Morgan fingerprint density at radius 3 is 2.66 bits per heavy atom. The summed E-state index contributed by atoms with van der Waals surface area (Å²) in [6.45, 7) is 4.41. The summed E-state index contributed by atoms with van der Waals surface area (Å²) in [4.78, 5) is 31.8. The van der Waals surface area contributed by atoms with Gasteiger partial charge in [-0.1, -0.05) is 29.8 Å². The number of nitrogens with one attached hydrogen (secondary N) is 1. The van der Waals surface area contributed by atoms with Crippen LogP contribution in [0.2, 0.25) is 0 Å². The van der Waals surface area contributed by atoms with Crippen molar-refractivity contribution < 1.29 is 9.59 Å². The van der Waals surface area contributed by atoms with Crippen molar-refractivity contribution in [3.63, 3.8) is 0 Å². The maximum Gasteiger partial charge on any atom is 0.251 e. The highest BCUT2D eigenvalue weighted by molar-refractivity contribution is 5.94. The lowest BCUT2D eigenvalue weighted by Gasteiger charge is -2.17. The first-order valence-corrected chi connectivity index (χ1v) is 10.2. The number of rotatable bonds is 6. The van der Waals surface area contributed by atoms with Crippen molar-refractivity contribution in [1.29, 1.82) is 0 Å². The lowest BCUT2D eigenvalue weighted by atomic mass is 10.1. The summed E-state index contributed by atoms with van der Waals surface area (Å²) < 4.78 is 1.99. The molecule has 1 fully saturated rings. The Hall–Kier alpha value is -3.15. The summed E-state index contributed by atoms with van der Waals surface area (Å²) >= 11 is 0. The van der Waals surface area contributed by atoms with Crippen molar-refractivity contribution in [2.45, 2.75) is 32.7 Å². The lowest BCUT2D eigenvalue weighted by Crippen LogP contribution is -2.32. The zero-order valence-electron chi connectivity index (χ0n) is 16.7. The van der Waals surface area contributed by atoms with Crippen LogP contribution in [0.15, 0.2) is 48.5 Å².